The summed E-state index contributed by atoms with van der Waals surface area (Å²) >= 11 is 0. The Balaban J connectivity index is 1.67. The van der Waals surface area contributed by atoms with Crippen molar-refractivity contribution in [3.8, 4) is 0 Å². The molecule has 108 valence electrons. The number of para-hydroxylation sites is 2. The van der Waals surface area contributed by atoms with Crippen molar-refractivity contribution in [1.82, 2.24) is 0 Å². The van der Waals surface area contributed by atoms with Gasteiger partial charge in [-0.05, 0) is 24.1 Å². The second-order valence-corrected chi connectivity index (χ2v) is 5.10. The van der Waals surface area contributed by atoms with Crippen LogP contribution in [0.15, 0.2) is 48.5 Å². The lowest BCUT2D eigenvalue weighted by Crippen LogP contribution is -2.35. The van der Waals surface area contributed by atoms with Crippen LogP contribution in [0.25, 0.3) is 0 Å². The van der Waals surface area contributed by atoms with Crippen LogP contribution < -0.4 is 10.2 Å². The third kappa shape index (κ3) is 2.97. The molecule has 0 saturated carbocycles. The summed E-state index contributed by atoms with van der Waals surface area (Å²) in [7, 11) is 0. The SMILES string of the molecule is O=[N+]([O-])c1ccc(CCN2CCNc3ccccc32)cc1. The van der Waals surface area contributed by atoms with Gasteiger partial charge in [-0.3, -0.25) is 10.1 Å². The zero-order valence-corrected chi connectivity index (χ0v) is 11.7. The monoisotopic (exact) mass is 283 g/mol. The smallest absolute Gasteiger partial charge is 0.269 e. The average Bonchev–Trinajstić information content (AvgIpc) is 2.53. The van der Waals surface area contributed by atoms with E-state index in [1.54, 1.807) is 12.1 Å². The van der Waals surface area contributed by atoms with Gasteiger partial charge in [0.05, 0.1) is 16.3 Å². The minimum Gasteiger partial charge on any atom is -0.382 e. The Hall–Kier alpha value is -2.56. The van der Waals surface area contributed by atoms with Gasteiger partial charge >= 0.3 is 0 Å². The number of non-ortho nitro benzene ring substituents is 1. The van der Waals surface area contributed by atoms with Crippen molar-refractivity contribution in [2.45, 2.75) is 6.42 Å². The fourth-order valence-corrected chi connectivity index (χ4v) is 2.63. The fraction of sp³-hybridized carbons (Fsp3) is 0.250. The lowest BCUT2D eigenvalue weighted by atomic mass is 10.1. The molecule has 2 aromatic rings. The maximum absolute atomic E-state index is 10.6. The van der Waals surface area contributed by atoms with E-state index in [9.17, 15) is 10.1 Å². The van der Waals surface area contributed by atoms with Crippen molar-refractivity contribution < 1.29 is 4.92 Å². The van der Waals surface area contributed by atoms with Crippen molar-refractivity contribution in [3.05, 3.63) is 64.2 Å². The van der Waals surface area contributed by atoms with Gasteiger partial charge in [0.15, 0.2) is 0 Å². The minimum atomic E-state index is -0.365. The van der Waals surface area contributed by atoms with Crippen LogP contribution in [-0.4, -0.2) is 24.6 Å². The summed E-state index contributed by atoms with van der Waals surface area (Å²) in [5.74, 6) is 0. The molecular formula is C16H17N3O2. The molecule has 5 nitrogen and oxygen atoms in total. The molecule has 1 heterocycles. The van der Waals surface area contributed by atoms with E-state index < -0.39 is 0 Å². The number of nitrogens with zero attached hydrogens (tertiary/aromatic N) is 2. The molecule has 0 aromatic heterocycles. The van der Waals surface area contributed by atoms with E-state index in [0.717, 1.165) is 31.6 Å². The number of nitrogens with one attached hydrogen (secondary N) is 1. The van der Waals surface area contributed by atoms with Gasteiger partial charge in [-0.25, -0.2) is 0 Å². The molecular weight excluding hydrogens is 266 g/mol. The lowest BCUT2D eigenvalue weighted by Gasteiger charge is -2.32. The predicted octanol–water partition coefficient (Wildman–Crippen LogP) is 3.07. The van der Waals surface area contributed by atoms with Crippen molar-refractivity contribution >= 4 is 17.1 Å². The highest BCUT2D eigenvalue weighted by Crippen LogP contribution is 2.28. The number of fused-ring (bicyclic) bond motifs is 1. The molecule has 2 aromatic carbocycles. The first-order chi connectivity index (χ1) is 10.2. The standard InChI is InChI=1S/C16H17N3O2/c20-19(21)14-7-5-13(6-8-14)9-11-18-12-10-17-15-3-1-2-4-16(15)18/h1-8,17H,9-12H2. The predicted molar refractivity (Wildman–Crippen MR) is 83.9 cm³/mol. The maximum atomic E-state index is 10.6. The first-order valence-corrected chi connectivity index (χ1v) is 7.05. The van der Waals surface area contributed by atoms with Gasteiger partial charge in [-0.15, -0.1) is 0 Å². The quantitative estimate of drug-likeness (QED) is 0.692. The molecule has 1 aliphatic heterocycles. The molecule has 0 spiro atoms. The molecule has 0 bridgehead atoms. The second kappa shape index (κ2) is 5.83. The Kier molecular flexibility index (Phi) is 3.73. The van der Waals surface area contributed by atoms with E-state index >= 15 is 0 Å². The first-order valence-electron chi connectivity index (χ1n) is 7.05. The highest BCUT2D eigenvalue weighted by atomic mass is 16.6. The molecule has 5 heteroatoms. The summed E-state index contributed by atoms with van der Waals surface area (Å²) in [5.41, 5.74) is 3.67. The molecule has 0 saturated heterocycles. The van der Waals surface area contributed by atoms with E-state index in [0.29, 0.717) is 0 Å². The van der Waals surface area contributed by atoms with Crippen LogP contribution in [0.5, 0.6) is 0 Å². The molecule has 1 aliphatic rings. The average molecular weight is 283 g/mol. The molecule has 0 fully saturated rings. The van der Waals surface area contributed by atoms with Gasteiger partial charge in [0, 0.05) is 31.8 Å². The largest absolute Gasteiger partial charge is 0.382 e. The van der Waals surface area contributed by atoms with Crippen LogP contribution in [-0.2, 0) is 6.42 Å². The Bertz CT molecular complexity index is 640. The second-order valence-electron chi connectivity index (χ2n) is 5.10. The first kappa shape index (κ1) is 13.4. The van der Waals surface area contributed by atoms with Crippen LogP contribution in [0.4, 0.5) is 17.1 Å². The number of hydrogen-bond donors (Lipinski definition) is 1. The molecule has 0 unspecified atom stereocenters. The van der Waals surface area contributed by atoms with Crippen LogP contribution in [0.1, 0.15) is 5.56 Å². The number of anilines is 2. The lowest BCUT2D eigenvalue weighted by molar-refractivity contribution is -0.384. The van der Waals surface area contributed by atoms with Crippen molar-refractivity contribution in [1.29, 1.82) is 0 Å². The summed E-state index contributed by atoms with van der Waals surface area (Å²) in [4.78, 5) is 12.6. The number of rotatable bonds is 4. The minimum absolute atomic E-state index is 0.145. The number of hydrogen-bond acceptors (Lipinski definition) is 4. The Morgan fingerprint density at radius 1 is 1.14 bits per heavy atom. The third-order valence-electron chi connectivity index (χ3n) is 3.76. The van der Waals surface area contributed by atoms with E-state index in [2.05, 4.69) is 22.3 Å². The summed E-state index contributed by atoms with van der Waals surface area (Å²) < 4.78 is 0. The van der Waals surface area contributed by atoms with Crippen LogP contribution in [0.3, 0.4) is 0 Å². The Morgan fingerprint density at radius 2 is 1.90 bits per heavy atom. The normalized spacial score (nSPS) is 13.4. The van der Waals surface area contributed by atoms with Crippen LogP contribution >= 0.6 is 0 Å². The highest BCUT2D eigenvalue weighted by molar-refractivity contribution is 5.71. The van der Waals surface area contributed by atoms with Gasteiger partial charge in [0.1, 0.15) is 0 Å². The molecule has 0 atom stereocenters. The van der Waals surface area contributed by atoms with Crippen molar-refractivity contribution in [3.63, 3.8) is 0 Å². The number of nitro benzene ring substituents is 1. The molecule has 1 N–H and O–H groups in total. The van der Waals surface area contributed by atoms with E-state index in [1.807, 2.05) is 24.3 Å². The maximum Gasteiger partial charge on any atom is 0.269 e. The van der Waals surface area contributed by atoms with E-state index in [1.165, 1.54) is 11.4 Å². The van der Waals surface area contributed by atoms with Crippen molar-refractivity contribution in [2.24, 2.45) is 0 Å². The zero-order valence-electron chi connectivity index (χ0n) is 11.7. The van der Waals surface area contributed by atoms with E-state index in [-0.39, 0.29) is 10.6 Å². The molecule has 0 aliphatic carbocycles. The van der Waals surface area contributed by atoms with Gasteiger partial charge in [0.2, 0.25) is 0 Å². The van der Waals surface area contributed by atoms with Crippen LogP contribution in [0, 0.1) is 10.1 Å². The molecule has 3 rings (SSSR count). The summed E-state index contributed by atoms with van der Waals surface area (Å²) in [6.45, 7) is 2.83. The topological polar surface area (TPSA) is 58.4 Å². The molecule has 0 radical (unpaired) electrons. The van der Waals surface area contributed by atoms with Gasteiger partial charge < -0.3 is 10.2 Å². The molecule has 21 heavy (non-hydrogen) atoms. The Morgan fingerprint density at radius 3 is 2.67 bits per heavy atom. The fourth-order valence-electron chi connectivity index (χ4n) is 2.63. The highest BCUT2D eigenvalue weighted by Gasteiger charge is 2.15. The summed E-state index contributed by atoms with van der Waals surface area (Å²) in [5, 5.41) is 14.0. The van der Waals surface area contributed by atoms with E-state index in [4.69, 9.17) is 0 Å². The Labute approximate surface area is 123 Å². The van der Waals surface area contributed by atoms with Gasteiger partial charge in [-0.2, -0.15) is 0 Å². The van der Waals surface area contributed by atoms with Gasteiger partial charge in [0.25, 0.3) is 5.69 Å². The number of benzene rings is 2. The molecule has 0 amide bonds. The van der Waals surface area contributed by atoms with Crippen LogP contribution in [0.2, 0.25) is 0 Å². The third-order valence-corrected chi connectivity index (χ3v) is 3.76. The zero-order chi connectivity index (χ0) is 14.7. The number of nitro groups is 1. The summed E-state index contributed by atoms with van der Waals surface area (Å²) in [6, 6.07) is 15.1. The van der Waals surface area contributed by atoms with Gasteiger partial charge in [-0.1, -0.05) is 24.3 Å². The van der Waals surface area contributed by atoms with Crippen molar-refractivity contribution in [2.75, 3.05) is 29.9 Å². The summed E-state index contributed by atoms with van der Waals surface area (Å²) in [6.07, 6.45) is 0.881.